The molecule has 15 heavy (non-hydrogen) atoms. The lowest BCUT2D eigenvalue weighted by atomic mass is 9.88. The summed E-state index contributed by atoms with van der Waals surface area (Å²) in [5.41, 5.74) is 2.91. The smallest absolute Gasteiger partial charge is 0.0409 e. The van der Waals surface area contributed by atoms with Crippen LogP contribution in [-0.4, -0.2) is 13.1 Å². The van der Waals surface area contributed by atoms with Crippen molar-refractivity contribution in [3.05, 3.63) is 34.3 Å². The molecule has 0 radical (unpaired) electrons. The van der Waals surface area contributed by atoms with Gasteiger partial charge in [0.15, 0.2) is 0 Å². The zero-order valence-corrected chi connectivity index (χ0v) is 9.98. The van der Waals surface area contributed by atoms with Crippen molar-refractivity contribution in [2.24, 2.45) is 0 Å². The summed E-state index contributed by atoms with van der Waals surface area (Å²) in [6, 6.07) is 6.32. The lowest BCUT2D eigenvalue weighted by Crippen LogP contribution is -2.28. The Hall–Kier alpha value is -0.530. The second kappa shape index (κ2) is 5.00. The minimum Gasteiger partial charge on any atom is -0.316 e. The summed E-state index contributed by atoms with van der Waals surface area (Å²) in [6.07, 6.45) is 3.67. The van der Waals surface area contributed by atoms with E-state index < -0.39 is 0 Å². The van der Waals surface area contributed by atoms with Crippen molar-refractivity contribution >= 4 is 11.6 Å². The summed E-state index contributed by atoms with van der Waals surface area (Å²) in [5.74, 6) is 0.660. The van der Waals surface area contributed by atoms with E-state index in [1.165, 1.54) is 30.5 Å². The van der Waals surface area contributed by atoms with E-state index in [1.54, 1.807) is 0 Å². The number of hydrogen-bond acceptors (Lipinski definition) is 1. The summed E-state index contributed by atoms with van der Waals surface area (Å²) in [5, 5.41) is 4.33. The molecule has 1 aromatic carbocycles. The largest absolute Gasteiger partial charge is 0.316 e. The average molecular weight is 224 g/mol. The van der Waals surface area contributed by atoms with Gasteiger partial charge in [-0.1, -0.05) is 24.6 Å². The Bertz CT molecular complexity index is 329. The molecule has 1 heterocycles. The fourth-order valence-corrected chi connectivity index (χ4v) is 2.57. The fourth-order valence-electron chi connectivity index (χ4n) is 2.39. The maximum Gasteiger partial charge on any atom is 0.0409 e. The van der Waals surface area contributed by atoms with E-state index in [1.807, 2.05) is 6.07 Å². The molecular weight excluding hydrogens is 206 g/mol. The van der Waals surface area contributed by atoms with Gasteiger partial charge in [0.25, 0.3) is 0 Å². The predicted octanol–water partition coefficient (Wildman–Crippen LogP) is 3.37. The molecular formula is C13H18ClN. The van der Waals surface area contributed by atoms with Crippen LogP contribution in [0.1, 0.15) is 36.8 Å². The van der Waals surface area contributed by atoms with Crippen LogP contribution in [-0.2, 0) is 6.42 Å². The van der Waals surface area contributed by atoms with E-state index in [0.29, 0.717) is 5.92 Å². The number of nitrogens with one attached hydrogen (secondary N) is 1. The molecule has 1 aliphatic rings. The average Bonchev–Trinajstić information content (AvgIpc) is 2.30. The third-order valence-corrected chi connectivity index (χ3v) is 3.46. The molecule has 1 aliphatic heterocycles. The highest BCUT2D eigenvalue weighted by Crippen LogP contribution is 2.28. The highest BCUT2D eigenvalue weighted by atomic mass is 35.5. The van der Waals surface area contributed by atoms with Crippen LogP contribution in [0.3, 0.4) is 0 Å². The van der Waals surface area contributed by atoms with E-state index in [2.05, 4.69) is 24.4 Å². The lowest BCUT2D eigenvalue weighted by Gasteiger charge is -2.25. The van der Waals surface area contributed by atoms with E-state index in [-0.39, 0.29) is 0 Å². The van der Waals surface area contributed by atoms with Crippen molar-refractivity contribution in [3.8, 4) is 0 Å². The number of rotatable bonds is 2. The van der Waals surface area contributed by atoms with Crippen LogP contribution in [0.5, 0.6) is 0 Å². The van der Waals surface area contributed by atoms with Gasteiger partial charge >= 0.3 is 0 Å². The summed E-state index contributed by atoms with van der Waals surface area (Å²) >= 11 is 6.07. The Balaban J connectivity index is 2.27. The van der Waals surface area contributed by atoms with Crippen LogP contribution in [0.25, 0.3) is 0 Å². The van der Waals surface area contributed by atoms with Crippen molar-refractivity contribution in [1.29, 1.82) is 0 Å². The monoisotopic (exact) mass is 223 g/mol. The van der Waals surface area contributed by atoms with E-state index in [0.717, 1.165) is 18.0 Å². The first-order chi connectivity index (χ1) is 7.31. The molecule has 1 unspecified atom stereocenters. The topological polar surface area (TPSA) is 12.0 Å². The molecule has 0 bridgehead atoms. The Kier molecular flexibility index (Phi) is 3.66. The molecule has 1 aromatic rings. The molecule has 1 N–H and O–H groups in total. The number of benzene rings is 1. The van der Waals surface area contributed by atoms with Gasteiger partial charge in [0.1, 0.15) is 0 Å². The number of piperidine rings is 1. The lowest BCUT2D eigenvalue weighted by molar-refractivity contribution is 0.460. The number of halogens is 1. The zero-order chi connectivity index (χ0) is 10.7. The second-order valence-electron chi connectivity index (χ2n) is 4.24. The Labute approximate surface area is 96.8 Å². The Morgan fingerprint density at radius 3 is 3.00 bits per heavy atom. The zero-order valence-electron chi connectivity index (χ0n) is 9.22. The molecule has 0 spiro atoms. The predicted molar refractivity (Wildman–Crippen MR) is 65.7 cm³/mol. The van der Waals surface area contributed by atoms with E-state index in [4.69, 9.17) is 11.6 Å². The van der Waals surface area contributed by atoms with Crippen LogP contribution in [0.2, 0.25) is 5.02 Å². The highest BCUT2D eigenvalue weighted by Gasteiger charge is 2.17. The molecule has 1 fully saturated rings. The standard InChI is InChI=1S/C13H18ClN/c1-2-10-5-6-12(14)8-13(10)11-4-3-7-15-9-11/h5-6,8,11,15H,2-4,7,9H2,1H3. The summed E-state index contributed by atoms with van der Waals surface area (Å²) < 4.78 is 0. The normalized spacial score (nSPS) is 21.6. The molecule has 2 rings (SSSR count). The van der Waals surface area contributed by atoms with Crippen molar-refractivity contribution < 1.29 is 0 Å². The van der Waals surface area contributed by atoms with Crippen LogP contribution in [0.4, 0.5) is 0 Å². The van der Waals surface area contributed by atoms with Crippen LogP contribution < -0.4 is 5.32 Å². The third-order valence-electron chi connectivity index (χ3n) is 3.23. The van der Waals surface area contributed by atoms with Gasteiger partial charge < -0.3 is 5.32 Å². The Morgan fingerprint density at radius 1 is 1.47 bits per heavy atom. The van der Waals surface area contributed by atoms with Gasteiger partial charge in [0, 0.05) is 11.6 Å². The van der Waals surface area contributed by atoms with Crippen molar-refractivity contribution in [3.63, 3.8) is 0 Å². The number of aryl methyl sites for hydroxylation is 1. The molecule has 0 aliphatic carbocycles. The Morgan fingerprint density at radius 2 is 2.33 bits per heavy atom. The summed E-state index contributed by atoms with van der Waals surface area (Å²) in [7, 11) is 0. The van der Waals surface area contributed by atoms with Gasteiger partial charge in [-0.05, 0) is 55.0 Å². The van der Waals surface area contributed by atoms with Gasteiger partial charge in [-0.25, -0.2) is 0 Å². The molecule has 2 heteroatoms. The molecule has 1 atom stereocenters. The van der Waals surface area contributed by atoms with Gasteiger partial charge in [-0.3, -0.25) is 0 Å². The van der Waals surface area contributed by atoms with E-state index >= 15 is 0 Å². The maximum absolute atomic E-state index is 6.07. The maximum atomic E-state index is 6.07. The quantitative estimate of drug-likeness (QED) is 0.811. The SMILES string of the molecule is CCc1ccc(Cl)cc1C1CCCNC1. The third kappa shape index (κ3) is 2.53. The number of hydrogen-bond donors (Lipinski definition) is 1. The highest BCUT2D eigenvalue weighted by molar-refractivity contribution is 6.30. The van der Waals surface area contributed by atoms with Crippen LogP contribution >= 0.6 is 11.6 Å². The van der Waals surface area contributed by atoms with Gasteiger partial charge in [-0.2, -0.15) is 0 Å². The molecule has 0 aromatic heterocycles. The second-order valence-corrected chi connectivity index (χ2v) is 4.68. The van der Waals surface area contributed by atoms with Gasteiger partial charge in [-0.15, -0.1) is 0 Å². The first-order valence-corrected chi connectivity index (χ1v) is 6.18. The first kappa shape index (κ1) is 11.0. The summed E-state index contributed by atoms with van der Waals surface area (Å²) in [4.78, 5) is 0. The minimum atomic E-state index is 0.660. The van der Waals surface area contributed by atoms with Crippen LogP contribution in [0, 0.1) is 0 Å². The van der Waals surface area contributed by atoms with Crippen LogP contribution in [0.15, 0.2) is 18.2 Å². The first-order valence-electron chi connectivity index (χ1n) is 5.80. The molecule has 0 amide bonds. The summed E-state index contributed by atoms with van der Waals surface area (Å²) in [6.45, 7) is 4.48. The van der Waals surface area contributed by atoms with Crippen molar-refractivity contribution in [1.82, 2.24) is 5.32 Å². The molecule has 1 nitrogen and oxygen atoms in total. The van der Waals surface area contributed by atoms with Gasteiger partial charge in [0.2, 0.25) is 0 Å². The molecule has 1 saturated heterocycles. The fraction of sp³-hybridized carbons (Fsp3) is 0.538. The van der Waals surface area contributed by atoms with Crippen molar-refractivity contribution in [2.45, 2.75) is 32.1 Å². The molecule has 82 valence electrons. The molecule has 0 saturated carbocycles. The van der Waals surface area contributed by atoms with E-state index in [9.17, 15) is 0 Å². The minimum absolute atomic E-state index is 0.660. The van der Waals surface area contributed by atoms with Crippen molar-refractivity contribution in [2.75, 3.05) is 13.1 Å². The van der Waals surface area contributed by atoms with Gasteiger partial charge in [0.05, 0.1) is 0 Å².